The van der Waals surface area contributed by atoms with Crippen molar-refractivity contribution in [2.75, 3.05) is 62.7 Å². The Balaban J connectivity index is 1.32. The molecule has 0 spiro atoms. The Kier molecular flexibility index (Phi) is 7.85. The number of anilines is 3. The largest absolute Gasteiger partial charge is 0.383 e. The maximum absolute atomic E-state index is 6.48. The number of hydrogen-bond donors (Lipinski definition) is 4. The lowest BCUT2D eigenvalue weighted by molar-refractivity contribution is 0.158. The average molecular weight is 517 g/mol. The second kappa shape index (κ2) is 11.6. The topological polar surface area (TPSA) is 137 Å². The number of aromatic amines is 1. The Morgan fingerprint density at radius 1 is 1.03 bits per heavy atom. The van der Waals surface area contributed by atoms with E-state index in [1.807, 2.05) is 42.5 Å². The van der Waals surface area contributed by atoms with Gasteiger partial charge in [-0.2, -0.15) is 15.1 Å². The molecule has 11 heteroatoms. The van der Waals surface area contributed by atoms with Crippen LogP contribution in [0.25, 0.3) is 22.5 Å². The van der Waals surface area contributed by atoms with Gasteiger partial charge >= 0.3 is 0 Å². The van der Waals surface area contributed by atoms with Gasteiger partial charge in [0.05, 0.1) is 17.8 Å². The lowest BCUT2D eigenvalue weighted by Crippen LogP contribution is -2.45. The summed E-state index contributed by atoms with van der Waals surface area (Å²) in [7, 11) is 2.16. The van der Waals surface area contributed by atoms with Gasteiger partial charge in [-0.15, -0.1) is 0 Å². The van der Waals surface area contributed by atoms with Crippen LogP contribution in [0.1, 0.15) is 31.2 Å². The molecule has 5 rings (SSSR count). The van der Waals surface area contributed by atoms with Gasteiger partial charge in [0.1, 0.15) is 17.3 Å². The standard InChI is InChI=1S/C27H36N10O/c1-18(2)21-16-23(34-33-21)24-25(28)31-27(32-26(24)29-9-10-37-13-11-36(3)12-14-37)30-17-20-15-22(35-38-20)19-7-5-4-6-8-19/h4-8,15-16,18H,9-14,17H2,1-3H3,(H,33,34)(H4,28,29,30,31,32). The number of aromatic nitrogens is 5. The van der Waals surface area contributed by atoms with Crippen LogP contribution >= 0.6 is 0 Å². The summed E-state index contributed by atoms with van der Waals surface area (Å²) in [4.78, 5) is 14.1. The fourth-order valence-electron chi connectivity index (χ4n) is 4.41. The van der Waals surface area contributed by atoms with Crippen LogP contribution in [0.15, 0.2) is 47.0 Å². The number of benzene rings is 1. The molecule has 0 unspecified atom stereocenters. The van der Waals surface area contributed by atoms with E-state index in [9.17, 15) is 0 Å². The van der Waals surface area contributed by atoms with E-state index >= 15 is 0 Å². The number of nitrogen functional groups attached to an aromatic ring is 1. The number of nitrogens with one attached hydrogen (secondary N) is 3. The lowest BCUT2D eigenvalue weighted by Gasteiger charge is -2.32. The van der Waals surface area contributed by atoms with Crippen molar-refractivity contribution >= 4 is 17.6 Å². The summed E-state index contributed by atoms with van der Waals surface area (Å²) < 4.78 is 5.52. The number of likely N-dealkylation sites (N-methyl/N-ethyl adjacent to an activating group) is 1. The third kappa shape index (κ3) is 6.12. The predicted octanol–water partition coefficient (Wildman–Crippen LogP) is 3.50. The van der Waals surface area contributed by atoms with Crippen LogP contribution in [0.4, 0.5) is 17.6 Å². The van der Waals surface area contributed by atoms with Crippen molar-refractivity contribution < 1.29 is 4.52 Å². The summed E-state index contributed by atoms with van der Waals surface area (Å²) in [6, 6.07) is 13.8. The molecule has 4 heterocycles. The smallest absolute Gasteiger partial charge is 0.227 e. The van der Waals surface area contributed by atoms with E-state index in [0.29, 0.717) is 41.4 Å². The maximum Gasteiger partial charge on any atom is 0.227 e. The first-order valence-corrected chi connectivity index (χ1v) is 13.1. The monoisotopic (exact) mass is 516 g/mol. The second-order valence-corrected chi connectivity index (χ2v) is 9.99. The summed E-state index contributed by atoms with van der Waals surface area (Å²) in [5, 5.41) is 18.5. The van der Waals surface area contributed by atoms with Crippen molar-refractivity contribution in [2.24, 2.45) is 0 Å². The van der Waals surface area contributed by atoms with E-state index in [2.05, 4.69) is 61.7 Å². The molecule has 1 fully saturated rings. The lowest BCUT2D eigenvalue weighted by atomic mass is 10.1. The summed E-state index contributed by atoms with van der Waals surface area (Å²) in [6.45, 7) is 10.5. The summed E-state index contributed by atoms with van der Waals surface area (Å²) in [6.07, 6.45) is 0. The molecular formula is C27H36N10O. The van der Waals surface area contributed by atoms with Crippen LogP contribution in [0.2, 0.25) is 0 Å². The van der Waals surface area contributed by atoms with Gasteiger partial charge in [-0.3, -0.25) is 10.00 Å². The minimum Gasteiger partial charge on any atom is -0.383 e. The van der Waals surface area contributed by atoms with Crippen LogP contribution in [0.5, 0.6) is 0 Å². The number of nitrogens with zero attached hydrogens (tertiary/aromatic N) is 6. The predicted molar refractivity (Wildman–Crippen MR) is 150 cm³/mol. The van der Waals surface area contributed by atoms with Crippen LogP contribution in [0.3, 0.4) is 0 Å². The van der Waals surface area contributed by atoms with E-state index in [1.165, 1.54) is 0 Å². The molecule has 1 aliphatic rings. The molecule has 0 saturated carbocycles. The van der Waals surface area contributed by atoms with Crippen LogP contribution < -0.4 is 16.4 Å². The highest BCUT2D eigenvalue weighted by Crippen LogP contribution is 2.32. The Hall–Kier alpha value is -3.96. The maximum atomic E-state index is 6.48. The van der Waals surface area contributed by atoms with Gasteiger partial charge < -0.3 is 25.8 Å². The van der Waals surface area contributed by atoms with Gasteiger partial charge in [-0.1, -0.05) is 49.3 Å². The third-order valence-corrected chi connectivity index (χ3v) is 6.78. The van der Waals surface area contributed by atoms with E-state index in [-0.39, 0.29) is 0 Å². The highest BCUT2D eigenvalue weighted by Gasteiger charge is 2.19. The Bertz CT molecular complexity index is 1320. The van der Waals surface area contributed by atoms with Gasteiger partial charge in [0.25, 0.3) is 0 Å². The van der Waals surface area contributed by atoms with Crippen LogP contribution in [-0.4, -0.2) is 81.4 Å². The molecule has 0 amide bonds. The highest BCUT2D eigenvalue weighted by atomic mass is 16.5. The van der Waals surface area contributed by atoms with E-state index in [0.717, 1.165) is 61.9 Å². The Morgan fingerprint density at radius 3 is 2.55 bits per heavy atom. The third-order valence-electron chi connectivity index (χ3n) is 6.78. The number of rotatable bonds is 10. The first-order chi connectivity index (χ1) is 18.5. The summed E-state index contributed by atoms with van der Waals surface area (Å²) in [5.74, 6) is 2.40. The van der Waals surface area contributed by atoms with Crippen molar-refractivity contribution in [3.05, 3.63) is 53.9 Å². The van der Waals surface area contributed by atoms with Gasteiger partial charge in [-0.25, -0.2) is 0 Å². The zero-order valence-corrected chi connectivity index (χ0v) is 22.2. The number of piperazine rings is 1. The fourth-order valence-corrected chi connectivity index (χ4v) is 4.41. The number of H-pyrrole nitrogens is 1. The average Bonchev–Trinajstić information content (AvgIpc) is 3.60. The minimum atomic E-state index is 0.315. The van der Waals surface area contributed by atoms with E-state index in [1.54, 1.807) is 0 Å². The second-order valence-electron chi connectivity index (χ2n) is 9.99. The molecular weight excluding hydrogens is 480 g/mol. The fraction of sp³-hybridized carbons (Fsp3) is 0.407. The van der Waals surface area contributed by atoms with Crippen molar-refractivity contribution in [3.8, 4) is 22.5 Å². The van der Waals surface area contributed by atoms with Crippen LogP contribution in [-0.2, 0) is 6.54 Å². The highest BCUT2D eigenvalue weighted by molar-refractivity contribution is 5.82. The van der Waals surface area contributed by atoms with Gasteiger partial charge in [0, 0.05) is 56.6 Å². The molecule has 0 bridgehead atoms. The molecule has 3 aromatic heterocycles. The molecule has 4 aromatic rings. The minimum absolute atomic E-state index is 0.315. The normalized spacial score (nSPS) is 14.7. The van der Waals surface area contributed by atoms with Crippen molar-refractivity contribution in [1.82, 2.24) is 35.1 Å². The Labute approximate surface area is 222 Å². The van der Waals surface area contributed by atoms with Gasteiger partial charge in [-0.05, 0) is 19.0 Å². The van der Waals surface area contributed by atoms with E-state index < -0.39 is 0 Å². The SMILES string of the molecule is CC(C)c1cc(-c2c(N)nc(NCc3cc(-c4ccccc4)no3)nc2NCCN2CCN(C)CC2)n[nH]1. The Morgan fingerprint density at radius 2 is 1.82 bits per heavy atom. The molecule has 0 aliphatic carbocycles. The molecule has 38 heavy (non-hydrogen) atoms. The van der Waals surface area contributed by atoms with Crippen molar-refractivity contribution in [2.45, 2.75) is 26.3 Å². The molecule has 1 aliphatic heterocycles. The summed E-state index contributed by atoms with van der Waals surface area (Å²) in [5.41, 5.74) is 10.7. The van der Waals surface area contributed by atoms with Gasteiger partial charge in [0.15, 0.2) is 5.76 Å². The zero-order valence-electron chi connectivity index (χ0n) is 22.2. The molecule has 200 valence electrons. The van der Waals surface area contributed by atoms with Gasteiger partial charge in [0.2, 0.25) is 5.95 Å². The van der Waals surface area contributed by atoms with Crippen molar-refractivity contribution in [3.63, 3.8) is 0 Å². The summed E-state index contributed by atoms with van der Waals surface area (Å²) >= 11 is 0. The van der Waals surface area contributed by atoms with E-state index in [4.69, 9.17) is 15.2 Å². The molecule has 1 aromatic carbocycles. The molecule has 0 atom stereocenters. The molecule has 11 nitrogen and oxygen atoms in total. The quantitative estimate of drug-likeness (QED) is 0.248. The molecule has 0 radical (unpaired) electrons. The molecule has 1 saturated heterocycles. The molecule has 5 N–H and O–H groups in total. The number of hydrogen-bond acceptors (Lipinski definition) is 10. The van der Waals surface area contributed by atoms with Crippen molar-refractivity contribution in [1.29, 1.82) is 0 Å². The van der Waals surface area contributed by atoms with Crippen LogP contribution in [0, 0.1) is 0 Å². The zero-order chi connectivity index (χ0) is 26.5. The first kappa shape index (κ1) is 25.7. The number of nitrogens with two attached hydrogens (primary N) is 1. The first-order valence-electron chi connectivity index (χ1n) is 13.1.